The van der Waals surface area contributed by atoms with E-state index in [1.165, 1.54) is 30.3 Å². The summed E-state index contributed by atoms with van der Waals surface area (Å²) in [6.45, 7) is 0. The fourth-order valence-corrected chi connectivity index (χ4v) is 1.85. The van der Waals surface area contributed by atoms with Crippen molar-refractivity contribution in [2.45, 2.75) is 0 Å². The zero-order valence-corrected chi connectivity index (χ0v) is 11.4. The Morgan fingerprint density at radius 2 is 1.90 bits per heavy atom. The number of nitrogens with zero attached hydrogens (tertiary/aromatic N) is 2. The van der Waals surface area contributed by atoms with Crippen LogP contribution in [0, 0.1) is 27.3 Å². The summed E-state index contributed by atoms with van der Waals surface area (Å²) in [5.74, 6) is 0.0645. The van der Waals surface area contributed by atoms with Gasteiger partial charge in [0.25, 0.3) is 5.69 Å². The minimum atomic E-state index is -0.661. The highest BCUT2D eigenvalue weighted by Gasteiger charge is 2.15. The van der Waals surface area contributed by atoms with Crippen LogP contribution in [0.25, 0.3) is 0 Å². The molecule has 0 unspecified atom stereocenters. The monoisotopic (exact) mass is 336 g/mol. The Labute approximate surface area is 121 Å². The van der Waals surface area contributed by atoms with Gasteiger partial charge < -0.3 is 4.74 Å². The predicted octanol–water partition coefficient (Wildman–Crippen LogP) is 4.16. The van der Waals surface area contributed by atoms with Gasteiger partial charge in [-0.3, -0.25) is 10.1 Å². The Hall–Kier alpha value is -2.46. The summed E-state index contributed by atoms with van der Waals surface area (Å²) >= 11 is 3.01. The first-order chi connectivity index (χ1) is 9.51. The van der Waals surface area contributed by atoms with Crippen LogP contribution in [0.4, 0.5) is 10.1 Å². The Balaban J connectivity index is 2.34. The molecule has 0 saturated carbocycles. The molecule has 0 atom stereocenters. The van der Waals surface area contributed by atoms with E-state index in [-0.39, 0.29) is 21.5 Å². The number of hydrogen-bond donors (Lipinski definition) is 0. The van der Waals surface area contributed by atoms with Crippen LogP contribution in [0.1, 0.15) is 5.56 Å². The summed E-state index contributed by atoms with van der Waals surface area (Å²) in [5, 5.41) is 19.6. The molecule has 2 aromatic carbocycles. The minimum Gasteiger partial charge on any atom is -0.457 e. The Kier molecular flexibility index (Phi) is 3.96. The first kappa shape index (κ1) is 14.0. The number of halogens is 2. The van der Waals surface area contributed by atoms with Gasteiger partial charge in [-0.2, -0.15) is 5.26 Å². The third kappa shape index (κ3) is 2.92. The van der Waals surface area contributed by atoms with Gasteiger partial charge in [0.05, 0.1) is 15.5 Å². The molecule has 0 saturated heterocycles. The van der Waals surface area contributed by atoms with E-state index in [0.29, 0.717) is 5.75 Å². The molecule has 0 amide bonds. The second kappa shape index (κ2) is 5.67. The molecule has 7 heteroatoms. The predicted molar refractivity (Wildman–Crippen MR) is 72.0 cm³/mol. The van der Waals surface area contributed by atoms with Crippen molar-refractivity contribution in [1.82, 2.24) is 0 Å². The van der Waals surface area contributed by atoms with Gasteiger partial charge in [-0.1, -0.05) is 0 Å². The summed E-state index contributed by atoms with van der Waals surface area (Å²) in [4.78, 5) is 10.2. The number of benzene rings is 2. The van der Waals surface area contributed by atoms with E-state index in [0.717, 1.165) is 6.07 Å². The topological polar surface area (TPSA) is 76.2 Å². The number of nitro benzene ring substituents is 1. The molecule has 0 bridgehead atoms. The molecule has 100 valence electrons. The molecule has 0 aliphatic heterocycles. The molecule has 0 aromatic heterocycles. The van der Waals surface area contributed by atoms with E-state index in [1.807, 2.05) is 0 Å². The first-order valence-electron chi connectivity index (χ1n) is 5.32. The van der Waals surface area contributed by atoms with Gasteiger partial charge in [-0.05, 0) is 46.3 Å². The van der Waals surface area contributed by atoms with E-state index < -0.39 is 10.7 Å². The second-order valence-electron chi connectivity index (χ2n) is 3.73. The average molecular weight is 337 g/mol. The highest BCUT2D eigenvalue weighted by molar-refractivity contribution is 9.10. The molecule has 0 aliphatic rings. The van der Waals surface area contributed by atoms with Gasteiger partial charge in [0.15, 0.2) is 0 Å². The van der Waals surface area contributed by atoms with Crippen LogP contribution >= 0.6 is 15.9 Å². The number of nitriles is 1. The maximum absolute atomic E-state index is 13.1. The van der Waals surface area contributed by atoms with Crippen LogP contribution in [-0.2, 0) is 0 Å². The Morgan fingerprint density at radius 1 is 1.25 bits per heavy atom. The van der Waals surface area contributed by atoms with Gasteiger partial charge in [0.2, 0.25) is 0 Å². The van der Waals surface area contributed by atoms with Crippen molar-refractivity contribution in [3.05, 3.63) is 62.4 Å². The maximum atomic E-state index is 13.1. The standard InChI is InChI=1S/C13H6BrFN2O3/c14-11-5-9(3-4-12(11)15)20-10-2-1-8(7-16)13(6-10)17(18)19/h1-6H. The number of ether oxygens (including phenoxy) is 1. The molecule has 2 rings (SSSR count). The van der Waals surface area contributed by atoms with Gasteiger partial charge in [0.1, 0.15) is 28.9 Å². The van der Waals surface area contributed by atoms with Crippen LogP contribution in [0.15, 0.2) is 40.9 Å². The van der Waals surface area contributed by atoms with Gasteiger partial charge in [-0.25, -0.2) is 4.39 Å². The van der Waals surface area contributed by atoms with Crippen LogP contribution in [0.5, 0.6) is 11.5 Å². The Morgan fingerprint density at radius 3 is 2.50 bits per heavy atom. The van der Waals surface area contributed by atoms with E-state index in [2.05, 4.69) is 15.9 Å². The van der Waals surface area contributed by atoms with Crippen LogP contribution in [0.3, 0.4) is 0 Å². The smallest absolute Gasteiger partial charge is 0.290 e. The first-order valence-corrected chi connectivity index (χ1v) is 6.12. The lowest BCUT2D eigenvalue weighted by Gasteiger charge is -2.06. The normalized spacial score (nSPS) is 9.85. The molecular formula is C13H6BrFN2O3. The zero-order valence-electron chi connectivity index (χ0n) is 9.84. The van der Waals surface area contributed by atoms with Crippen LogP contribution < -0.4 is 4.74 Å². The fourth-order valence-electron chi connectivity index (χ4n) is 1.50. The second-order valence-corrected chi connectivity index (χ2v) is 4.58. The van der Waals surface area contributed by atoms with Crippen molar-refractivity contribution < 1.29 is 14.1 Å². The number of rotatable bonds is 3. The van der Waals surface area contributed by atoms with Crippen molar-refractivity contribution in [2.75, 3.05) is 0 Å². The summed E-state index contributed by atoms with van der Waals surface area (Å²) < 4.78 is 18.7. The van der Waals surface area contributed by atoms with Crippen molar-refractivity contribution in [3.63, 3.8) is 0 Å². The average Bonchev–Trinajstić information content (AvgIpc) is 2.43. The van der Waals surface area contributed by atoms with Crippen LogP contribution in [-0.4, -0.2) is 4.92 Å². The minimum absolute atomic E-state index is 0.0531. The molecule has 0 fully saturated rings. The van der Waals surface area contributed by atoms with E-state index in [9.17, 15) is 14.5 Å². The SMILES string of the molecule is N#Cc1ccc(Oc2ccc(F)c(Br)c2)cc1[N+](=O)[O-]. The highest BCUT2D eigenvalue weighted by atomic mass is 79.9. The Bertz CT molecular complexity index is 728. The molecule has 5 nitrogen and oxygen atoms in total. The van der Waals surface area contributed by atoms with Crippen molar-refractivity contribution in [1.29, 1.82) is 5.26 Å². The van der Waals surface area contributed by atoms with E-state index in [4.69, 9.17) is 10.00 Å². The maximum Gasteiger partial charge on any atom is 0.290 e. The quantitative estimate of drug-likeness (QED) is 0.622. The lowest BCUT2D eigenvalue weighted by molar-refractivity contribution is -0.385. The van der Waals surface area contributed by atoms with Crippen molar-refractivity contribution in [2.24, 2.45) is 0 Å². The largest absolute Gasteiger partial charge is 0.457 e. The van der Waals surface area contributed by atoms with Gasteiger partial charge in [0, 0.05) is 0 Å². The lowest BCUT2D eigenvalue weighted by Crippen LogP contribution is -1.93. The molecule has 0 aliphatic carbocycles. The van der Waals surface area contributed by atoms with E-state index >= 15 is 0 Å². The van der Waals surface area contributed by atoms with E-state index in [1.54, 1.807) is 6.07 Å². The molecule has 0 radical (unpaired) electrons. The van der Waals surface area contributed by atoms with Crippen molar-refractivity contribution in [3.8, 4) is 17.6 Å². The zero-order chi connectivity index (χ0) is 14.7. The summed E-state index contributed by atoms with van der Waals surface area (Å²) in [7, 11) is 0. The molecule has 2 aromatic rings. The number of nitro groups is 1. The third-order valence-electron chi connectivity index (χ3n) is 2.41. The van der Waals surface area contributed by atoms with Crippen LogP contribution in [0.2, 0.25) is 0 Å². The molecule has 0 heterocycles. The highest BCUT2D eigenvalue weighted by Crippen LogP contribution is 2.30. The molecule has 0 N–H and O–H groups in total. The van der Waals surface area contributed by atoms with Gasteiger partial charge >= 0.3 is 0 Å². The molecule has 20 heavy (non-hydrogen) atoms. The van der Waals surface area contributed by atoms with Crippen molar-refractivity contribution >= 4 is 21.6 Å². The summed E-state index contributed by atoms with van der Waals surface area (Å²) in [6, 6.07) is 9.61. The molecular weight excluding hydrogens is 331 g/mol. The van der Waals surface area contributed by atoms with Gasteiger partial charge in [-0.15, -0.1) is 0 Å². The summed E-state index contributed by atoms with van der Waals surface area (Å²) in [5.41, 5.74) is -0.395. The fraction of sp³-hybridized carbons (Fsp3) is 0. The molecule has 0 spiro atoms. The summed E-state index contributed by atoms with van der Waals surface area (Å²) in [6.07, 6.45) is 0. The third-order valence-corrected chi connectivity index (χ3v) is 3.02. The number of hydrogen-bond acceptors (Lipinski definition) is 4. The lowest BCUT2D eigenvalue weighted by atomic mass is 10.2.